The summed E-state index contributed by atoms with van der Waals surface area (Å²) in [5.74, 6) is 1.55. The number of nitrogens with two attached hydrogens (primary N) is 1. The van der Waals surface area contributed by atoms with Crippen LogP contribution in [0.4, 0.5) is 0 Å². The molecule has 2 aromatic rings. The molecular weight excluding hydrogens is 296 g/mol. The van der Waals surface area contributed by atoms with E-state index < -0.39 is 0 Å². The minimum atomic E-state index is -0.0861. The lowest BCUT2D eigenvalue weighted by Crippen LogP contribution is -2.09. The van der Waals surface area contributed by atoms with Crippen LogP contribution in [0.2, 0.25) is 0 Å². The number of aromatic nitrogens is 3. The molecule has 0 saturated heterocycles. The quantitative estimate of drug-likeness (QED) is 0.940. The van der Waals surface area contributed by atoms with Crippen LogP contribution in [0.5, 0.6) is 5.75 Å². The summed E-state index contributed by atoms with van der Waals surface area (Å²) in [5.41, 5.74) is 6.89. The van der Waals surface area contributed by atoms with E-state index >= 15 is 0 Å². The zero-order chi connectivity index (χ0) is 13.1. The van der Waals surface area contributed by atoms with Crippen molar-refractivity contribution in [2.24, 2.45) is 12.8 Å². The average molecular weight is 311 g/mol. The molecular formula is C12H15BrN4O. The average Bonchev–Trinajstić information content (AvgIpc) is 2.73. The first-order chi connectivity index (χ1) is 8.58. The molecule has 0 aliphatic carbocycles. The number of halogens is 1. The van der Waals surface area contributed by atoms with Crippen molar-refractivity contribution in [3.8, 4) is 5.75 Å². The summed E-state index contributed by atoms with van der Waals surface area (Å²) in [7, 11) is 1.88. The van der Waals surface area contributed by atoms with Gasteiger partial charge in [0, 0.05) is 23.1 Å². The van der Waals surface area contributed by atoms with Crippen molar-refractivity contribution in [1.82, 2.24) is 14.8 Å². The largest absolute Gasteiger partial charge is 0.485 e. The standard InChI is InChI=1S/C12H15BrN4O/c1-8(14)10-5-9(13)3-4-11(10)18-6-12-16-15-7-17(12)2/h3-5,7-8H,6,14H2,1-2H3/t8-/m0/s1. The predicted molar refractivity (Wildman–Crippen MR) is 72.1 cm³/mol. The van der Waals surface area contributed by atoms with Gasteiger partial charge < -0.3 is 15.0 Å². The normalized spacial score (nSPS) is 12.4. The Balaban J connectivity index is 2.16. The van der Waals surface area contributed by atoms with Crippen LogP contribution in [-0.4, -0.2) is 14.8 Å². The summed E-state index contributed by atoms with van der Waals surface area (Å²) in [4.78, 5) is 0. The molecule has 1 atom stereocenters. The summed E-state index contributed by atoms with van der Waals surface area (Å²) < 4.78 is 8.57. The Bertz CT molecular complexity index is 539. The maximum Gasteiger partial charge on any atom is 0.170 e. The van der Waals surface area contributed by atoms with Gasteiger partial charge in [-0.05, 0) is 25.1 Å². The van der Waals surface area contributed by atoms with Gasteiger partial charge >= 0.3 is 0 Å². The fourth-order valence-electron chi connectivity index (χ4n) is 1.59. The van der Waals surface area contributed by atoms with Crippen LogP contribution in [0.1, 0.15) is 24.4 Å². The molecule has 0 fully saturated rings. The molecule has 18 heavy (non-hydrogen) atoms. The zero-order valence-electron chi connectivity index (χ0n) is 10.3. The van der Waals surface area contributed by atoms with Crippen molar-refractivity contribution in [3.63, 3.8) is 0 Å². The van der Waals surface area contributed by atoms with Gasteiger partial charge in [0.15, 0.2) is 5.82 Å². The van der Waals surface area contributed by atoms with Crippen LogP contribution < -0.4 is 10.5 Å². The molecule has 0 saturated carbocycles. The molecule has 0 unspecified atom stereocenters. The number of nitrogens with zero attached hydrogens (tertiary/aromatic N) is 3. The molecule has 1 aromatic carbocycles. The van der Waals surface area contributed by atoms with Gasteiger partial charge in [-0.2, -0.15) is 0 Å². The SMILES string of the molecule is C[C@H](N)c1cc(Br)ccc1OCc1nncn1C. The van der Waals surface area contributed by atoms with Gasteiger partial charge in [0.1, 0.15) is 18.7 Å². The van der Waals surface area contributed by atoms with Crippen molar-refractivity contribution in [3.05, 3.63) is 40.4 Å². The van der Waals surface area contributed by atoms with Gasteiger partial charge in [0.2, 0.25) is 0 Å². The van der Waals surface area contributed by atoms with Gasteiger partial charge in [0.25, 0.3) is 0 Å². The van der Waals surface area contributed by atoms with Crippen LogP contribution in [-0.2, 0) is 13.7 Å². The van der Waals surface area contributed by atoms with Gasteiger partial charge in [-0.1, -0.05) is 15.9 Å². The van der Waals surface area contributed by atoms with E-state index in [-0.39, 0.29) is 6.04 Å². The minimum Gasteiger partial charge on any atom is -0.485 e. The first-order valence-corrected chi connectivity index (χ1v) is 6.38. The van der Waals surface area contributed by atoms with Crippen LogP contribution in [0.15, 0.2) is 29.0 Å². The van der Waals surface area contributed by atoms with Crippen molar-refractivity contribution in [2.75, 3.05) is 0 Å². The summed E-state index contributed by atoms with van der Waals surface area (Å²) in [6.45, 7) is 2.30. The second kappa shape index (κ2) is 5.49. The number of ether oxygens (including phenoxy) is 1. The molecule has 1 heterocycles. The Kier molecular flexibility index (Phi) is 3.98. The third kappa shape index (κ3) is 2.88. The molecule has 2 rings (SSSR count). The Hall–Kier alpha value is -1.40. The van der Waals surface area contributed by atoms with E-state index in [4.69, 9.17) is 10.5 Å². The van der Waals surface area contributed by atoms with Crippen LogP contribution >= 0.6 is 15.9 Å². The van der Waals surface area contributed by atoms with E-state index in [0.29, 0.717) is 6.61 Å². The fourth-order valence-corrected chi connectivity index (χ4v) is 1.97. The van der Waals surface area contributed by atoms with Gasteiger partial charge in [-0.15, -0.1) is 10.2 Å². The highest BCUT2D eigenvalue weighted by molar-refractivity contribution is 9.10. The molecule has 96 valence electrons. The summed E-state index contributed by atoms with van der Waals surface area (Å²) in [5, 5.41) is 7.78. The topological polar surface area (TPSA) is 66.0 Å². The molecule has 6 heteroatoms. The third-order valence-corrected chi connectivity index (χ3v) is 3.12. The summed E-state index contributed by atoms with van der Waals surface area (Å²) in [6.07, 6.45) is 1.65. The minimum absolute atomic E-state index is 0.0861. The lowest BCUT2D eigenvalue weighted by Gasteiger charge is -2.14. The van der Waals surface area contributed by atoms with E-state index in [2.05, 4.69) is 26.1 Å². The monoisotopic (exact) mass is 310 g/mol. The smallest absolute Gasteiger partial charge is 0.170 e. The maximum absolute atomic E-state index is 5.93. The molecule has 0 amide bonds. The molecule has 2 N–H and O–H groups in total. The Morgan fingerprint density at radius 2 is 2.28 bits per heavy atom. The second-order valence-corrected chi connectivity index (χ2v) is 5.03. The Morgan fingerprint density at radius 1 is 1.50 bits per heavy atom. The fraction of sp³-hybridized carbons (Fsp3) is 0.333. The molecule has 1 aromatic heterocycles. The highest BCUT2D eigenvalue weighted by Gasteiger charge is 2.10. The third-order valence-electron chi connectivity index (χ3n) is 2.62. The second-order valence-electron chi connectivity index (χ2n) is 4.12. The van der Waals surface area contributed by atoms with E-state index in [1.165, 1.54) is 0 Å². The molecule has 0 radical (unpaired) electrons. The zero-order valence-corrected chi connectivity index (χ0v) is 11.9. The molecule has 0 aliphatic rings. The lowest BCUT2D eigenvalue weighted by atomic mass is 10.1. The maximum atomic E-state index is 5.93. The van der Waals surface area contributed by atoms with Crippen molar-refractivity contribution in [2.45, 2.75) is 19.6 Å². The first kappa shape index (κ1) is 13.0. The van der Waals surface area contributed by atoms with Gasteiger partial charge in [-0.3, -0.25) is 0 Å². The number of hydrogen-bond donors (Lipinski definition) is 1. The number of benzene rings is 1. The van der Waals surface area contributed by atoms with E-state index in [9.17, 15) is 0 Å². The van der Waals surface area contributed by atoms with Crippen LogP contribution in [0.25, 0.3) is 0 Å². The van der Waals surface area contributed by atoms with E-state index in [0.717, 1.165) is 21.6 Å². The Labute approximate surface area is 114 Å². The van der Waals surface area contributed by atoms with Crippen LogP contribution in [0, 0.1) is 0 Å². The number of aryl methyl sites for hydroxylation is 1. The van der Waals surface area contributed by atoms with E-state index in [1.807, 2.05) is 36.7 Å². The molecule has 0 aliphatic heterocycles. The number of rotatable bonds is 4. The lowest BCUT2D eigenvalue weighted by molar-refractivity contribution is 0.287. The molecule has 0 bridgehead atoms. The molecule has 5 nitrogen and oxygen atoms in total. The van der Waals surface area contributed by atoms with E-state index in [1.54, 1.807) is 6.33 Å². The summed E-state index contributed by atoms with van der Waals surface area (Å²) >= 11 is 3.43. The highest BCUT2D eigenvalue weighted by atomic mass is 79.9. The number of hydrogen-bond acceptors (Lipinski definition) is 4. The molecule has 0 spiro atoms. The first-order valence-electron chi connectivity index (χ1n) is 5.58. The van der Waals surface area contributed by atoms with Crippen LogP contribution in [0.3, 0.4) is 0 Å². The summed E-state index contributed by atoms with van der Waals surface area (Å²) in [6, 6.07) is 5.71. The Morgan fingerprint density at radius 3 is 2.89 bits per heavy atom. The van der Waals surface area contributed by atoms with Gasteiger partial charge in [0.05, 0.1) is 0 Å². The van der Waals surface area contributed by atoms with Crippen molar-refractivity contribution < 1.29 is 4.74 Å². The van der Waals surface area contributed by atoms with Gasteiger partial charge in [-0.25, -0.2) is 0 Å². The highest BCUT2D eigenvalue weighted by Crippen LogP contribution is 2.27. The van der Waals surface area contributed by atoms with Crippen molar-refractivity contribution >= 4 is 15.9 Å². The van der Waals surface area contributed by atoms with Crippen molar-refractivity contribution in [1.29, 1.82) is 0 Å². The predicted octanol–water partition coefficient (Wildman–Crippen LogP) is 2.18.